The molecule has 3 aromatic rings. The molecule has 0 saturated carbocycles. The van der Waals surface area contributed by atoms with Crippen LogP contribution >= 0.6 is 0 Å². The highest BCUT2D eigenvalue weighted by molar-refractivity contribution is 5.85. The number of hydrogen-bond donors (Lipinski definition) is 1. The van der Waals surface area contributed by atoms with Gasteiger partial charge in [-0.1, -0.05) is 67.9 Å². The molecule has 112 valence electrons. The van der Waals surface area contributed by atoms with Crippen LogP contribution in [-0.2, 0) is 13.0 Å². The quantitative estimate of drug-likeness (QED) is 0.605. The Balaban J connectivity index is 1.69. The van der Waals surface area contributed by atoms with Crippen LogP contribution in [0.4, 0.5) is 5.69 Å². The zero-order chi connectivity index (χ0) is 15.2. The molecule has 0 aromatic heterocycles. The third kappa shape index (κ3) is 3.48. The van der Waals surface area contributed by atoms with Crippen molar-refractivity contribution in [2.45, 2.75) is 32.7 Å². The molecular weight excluding hydrogens is 266 g/mol. The number of anilines is 1. The average Bonchev–Trinajstić information content (AvgIpc) is 2.59. The van der Waals surface area contributed by atoms with Crippen molar-refractivity contribution in [3.8, 4) is 0 Å². The van der Waals surface area contributed by atoms with Gasteiger partial charge in [-0.15, -0.1) is 0 Å². The number of nitrogens with one attached hydrogen (secondary N) is 1. The van der Waals surface area contributed by atoms with E-state index in [-0.39, 0.29) is 0 Å². The molecule has 0 aliphatic rings. The van der Waals surface area contributed by atoms with Gasteiger partial charge in [-0.25, -0.2) is 0 Å². The largest absolute Gasteiger partial charge is 0.381 e. The summed E-state index contributed by atoms with van der Waals surface area (Å²) in [6.07, 6.45) is 3.70. The zero-order valence-corrected chi connectivity index (χ0v) is 13.2. The van der Waals surface area contributed by atoms with Crippen LogP contribution in [0.15, 0.2) is 66.7 Å². The Morgan fingerprint density at radius 3 is 2.41 bits per heavy atom. The molecule has 0 bridgehead atoms. The van der Waals surface area contributed by atoms with Crippen molar-refractivity contribution in [1.82, 2.24) is 0 Å². The lowest BCUT2D eigenvalue weighted by Crippen LogP contribution is -2.00. The Labute approximate surface area is 133 Å². The van der Waals surface area contributed by atoms with Crippen molar-refractivity contribution in [2.75, 3.05) is 5.32 Å². The van der Waals surface area contributed by atoms with Gasteiger partial charge in [-0.2, -0.15) is 0 Å². The Bertz CT molecular complexity index is 723. The maximum Gasteiger partial charge on any atom is 0.0406 e. The summed E-state index contributed by atoms with van der Waals surface area (Å²) in [7, 11) is 0. The third-order valence-corrected chi connectivity index (χ3v) is 4.14. The minimum absolute atomic E-state index is 0.857. The van der Waals surface area contributed by atoms with Crippen LogP contribution in [0.3, 0.4) is 0 Å². The molecule has 0 aliphatic carbocycles. The van der Waals surface area contributed by atoms with Crippen molar-refractivity contribution in [2.24, 2.45) is 0 Å². The Hall–Kier alpha value is -2.28. The molecule has 0 aliphatic heterocycles. The van der Waals surface area contributed by atoms with Crippen molar-refractivity contribution >= 4 is 16.5 Å². The van der Waals surface area contributed by atoms with Gasteiger partial charge >= 0.3 is 0 Å². The van der Waals surface area contributed by atoms with Gasteiger partial charge in [-0.05, 0) is 46.9 Å². The van der Waals surface area contributed by atoms with Gasteiger partial charge < -0.3 is 5.32 Å². The van der Waals surface area contributed by atoms with Gasteiger partial charge in [0.05, 0.1) is 0 Å². The molecule has 3 rings (SSSR count). The second-order valence-corrected chi connectivity index (χ2v) is 5.79. The number of hydrogen-bond acceptors (Lipinski definition) is 1. The van der Waals surface area contributed by atoms with Crippen LogP contribution < -0.4 is 5.32 Å². The van der Waals surface area contributed by atoms with E-state index in [1.807, 2.05) is 0 Å². The second kappa shape index (κ2) is 7.13. The molecule has 0 atom stereocenters. The van der Waals surface area contributed by atoms with E-state index < -0.39 is 0 Å². The van der Waals surface area contributed by atoms with Crippen LogP contribution in [0.25, 0.3) is 10.8 Å². The number of rotatable bonds is 6. The zero-order valence-electron chi connectivity index (χ0n) is 13.2. The number of unbranched alkanes of at least 4 members (excludes halogenated alkanes) is 1. The van der Waals surface area contributed by atoms with Crippen LogP contribution in [0.5, 0.6) is 0 Å². The summed E-state index contributed by atoms with van der Waals surface area (Å²) in [5.41, 5.74) is 3.96. The highest BCUT2D eigenvalue weighted by Crippen LogP contribution is 2.20. The maximum absolute atomic E-state index is 3.54. The number of fused-ring (bicyclic) bond motifs is 1. The van der Waals surface area contributed by atoms with Gasteiger partial charge in [0.2, 0.25) is 0 Å². The third-order valence-electron chi connectivity index (χ3n) is 4.14. The first-order valence-electron chi connectivity index (χ1n) is 8.16. The first-order chi connectivity index (χ1) is 10.9. The maximum atomic E-state index is 3.54. The first-order valence-corrected chi connectivity index (χ1v) is 8.16. The molecule has 1 nitrogen and oxygen atoms in total. The fraction of sp³-hybridized carbons (Fsp3) is 0.238. The van der Waals surface area contributed by atoms with Gasteiger partial charge in [0.15, 0.2) is 0 Å². The van der Waals surface area contributed by atoms with Gasteiger partial charge in [0.1, 0.15) is 0 Å². The summed E-state index contributed by atoms with van der Waals surface area (Å²) in [5.74, 6) is 0. The predicted octanol–water partition coefficient (Wildman–Crippen LogP) is 5.79. The summed E-state index contributed by atoms with van der Waals surface area (Å²) in [5, 5.41) is 6.17. The predicted molar refractivity (Wildman–Crippen MR) is 96.3 cm³/mol. The minimum atomic E-state index is 0.857. The van der Waals surface area contributed by atoms with E-state index in [0.29, 0.717) is 0 Å². The van der Waals surface area contributed by atoms with Gasteiger partial charge in [0.25, 0.3) is 0 Å². The van der Waals surface area contributed by atoms with Crippen LogP contribution in [0.1, 0.15) is 30.9 Å². The van der Waals surface area contributed by atoms with Gasteiger partial charge in [0, 0.05) is 12.2 Å². The Morgan fingerprint density at radius 2 is 1.59 bits per heavy atom. The minimum Gasteiger partial charge on any atom is -0.381 e. The highest BCUT2D eigenvalue weighted by atomic mass is 14.9. The normalized spacial score (nSPS) is 10.8. The molecule has 0 spiro atoms. The lowest BCUT2D eigenvalue weighted by Gasteiger charge is -2.10. The molecule has 0 heterocycles. The van der Waals surface area contributed by atoms with Crippen LogP contribution in [-0.4, -0.2) is 0 Å². The van der Waals surface area contributed by atoms with E-state index in [1.54, 1.807) is 0 Å². The average molecular weight is 289 g/mol. The van der Waals surface area contributed by atoms with E-state index in [2.05, 4.69) is 79.0 Å². The topological polar surface area (TPSA) is 12.0 Å². The lowest BCUT2D eigenvalue weighted by molar-refractivity contribution is 0.795. The smallest absolute Gasteiger partial charge is 0.0406 e. The van der Waals surface area contributed by atoms with Crippen molar-refractivity contribution < 1.29 is 0 Å². The number of benzene rings is 3. The SMILES string of the molecule is CCCCc1ccc(NCc2cccc3ccccc23)cc1. The van der Waals surface area contributed by atoms with Crippen molar-refractivity contribution in [1.29, 1.82) is 0 Å². The van der Waals surface area contributed by atoms with E-state index in [9.17, 15) is 0 Å². The molecule has 22 heavy (non-hydrogen) atoms. The Kier molecular flexibility index (Phi) is 4.75. The molecule has 0 saturated heterocycles. The van der Waals surface area contributed by atoms with E-state index >= 15 is 0 Å². The molecule has 3 aromatic carbocycles. The van der Waals surface area contributed by atoms with E-state index in [0.717, 1.165) is 6.54 Å². The molecule has 0 radical (unpaired) electrons. The summed E-state index contributed by atoms with van der Waals surface area (Å²) in [6.45, 7) is 3.09. The monoisotopic (exact) mass is 289 g/mol. The summed E-state index contributed by atoms with van der Waals surface area (Å²) in [4.78, 5) is 0. The lowest BCUT2D eigenvalue weighted by atomic mass is 10.0. The second-order valence-electron chi connectivity index (χ2n) is 5.79. The highest BCUT2D eigenvalue weighted by Gasteiger charge is 2.00. The number of aryl methyl sites for hydroxylation is 1. The standard InChI is InChI=1S/C21H23N/c1-2-3-7-17-12-14-20(15-13-17)22-16-19-10-6-9-18-8-4-5-11-21(18)19/h4-6,8-15,22H,2-3,7,16H2,1H3. The summed E-state index contributed by atoms with van der Waals surface area (Å²) in [6, 6.07) is 23.9. The van der Waals surface area contributed by atoms with E-state index in [1.165, 1.54) is 46.8 Å². The van der Waals surface area contributed by atoms with Crippen LogP contribution in [0, 0.1) is 0 Å². The summed E-state index contributed by atoms with van der Waals surface area (Å²) >= 11 is 0. The fourth-order valence-electron chi connectivity index (χ4n) is 2.81. The molecule has 0 unspecified atom stereocenters. The first kappa shape index (κ1) is 14.6. The van der Waals surface area contributed by atoms with E-state index in [4.69, 9.17) is 0 Å². The van der Waals surface area contributed by atoms with Gasteiger partial charge in [-0.3, -0.25) is 0 Å². The summed E-state index contributed by atoms with van der Waals surface area (Å²) < 4.78 is 0. The molecule has 0 fully saturated rings. The van der Waals surface area contributed by atoms with Crippen LogP contribution in [0.2, 0.25) is 0 Å². The molecule has 0 amide bonds. The van der Waals surface area contributed by atoms with Crippen molar-refractivity contribution in [3.63, 3.8) is 0 Å². The van der Waals surface area contributed by atoms with Crippen molar-refractivity contribution in [3.05, 3.63) is 77.9 Å². The molecule has 1 heteroatoms. The fourth-order valence-corrected chi connectivity index (χ4v) is 2.81. The Morgan fingerprint density at radius 1 is 0.818 bits per heavy atom. The molecular formula is C21H23N. The molecule has 1 N–H and O–H groups in total.